The van der Waals surface area contributed by atoms with Gasteiger partial charge in [-0.1, -0.05) is 17.8 Å². The molecule has 0 amide bonds. The number of aromatic amines is 1. The molecule has 3 heterocycles. The molecule has 0 saturated heterocycles. The largest absolute Gasteiger partial charge is 0.292 e. The van der Waals surface area contributed by atoms with Crippen molar-refractivity contribution in [3.8, 4) is 11.4 Å². The molecule has 0 spiro atoms. The first kappa shape index (κ1) is 13.0. The van der Waals surface area contributed by atoms with Crippen LogP contribution >= 0.6 is 23.1 Å². The summed E-state index contributed by atoms with van der Waals surface area (Å²) in [4.78, 5) is 20.9. The molecular formula is C13H10N4OS2. The van der Waals surface area contributed by atoms with Gasteiger partial charge in [0.25, 0.3) is 0 Å². The summed E-state index contributed by atoms with van der Waals surface area (Å²) in [6.07, 6.45) is 3.40. The zero-order chi connectivity index (χ0) is 13.8. The van der Waals surface area contributed by atoms with E-state index in [2.05, 4.69) is 20.2 Å². The third kappa shape index (κ3) is 2.94. The van der Waals surface area contributed by atoms with Gasteiger partial charge in [-0.15, -0.1) is 16.4 Å². The molecule has 0 aliphatic carbocycles. The molecule has 3 aromatic rings. The van der Waals surface area contributed by atoms with Gasteiger partial charge in [-0.25, -0.2) is 4.98 Å². The van der Waals surface area contributed by atoms with Crippen molar-refractivity contribution in [2.45, 2.75) is 5.16 Å². The monoisotopic (exact) mass is 302 g/mol. The molecule has 0 saturated carbocycles. The maximum atomic E-state index is 11.9. The second-order valence-corrected chi connectivity index (χ2v) is 5.78. The minimum absolute atomic E-state index is 0.0975. The SMILES string of the molecule is O=C(CSc1n[nH]c(-c2ccncc2)n1)c1cccs1. The van der Waals surface area contributed by atoms with Crippen molar-refractivity contribution in [1.29, 1.82) is 0 Å². The summed E-state index contributed by atoms with van der Waals surface area (Å²) in [7, 11) is 0. The van der Waals surface area contributed by atoms with Crippen LogP contribution < -0.4 is 0 Å². The zero-order valence-corrected chi connectivity index (χ0v) is 11.9. The highest BCUT2D eigenvalue weighted by Gasteiger charge is 2.11. The van der Waals surface area contributed by atoms with Crippen molar-refractivity contribution in [3.05, 3.63) is 46.9 Å². The molecule has 0 fully saturated rings. The van der Waals surface area contributed by atoms with E-state index in [9.17, 15) is 4.79 Å². The topological polar surface area (TPSA) is 71.5 Å². The highest BCUT2D eigenvalue weighted by molar-refractivity contribution is 7.99. The lowest BCUT2D eigenvalue weighted by Gasteiger charge is -1.94. The average molecular weight is 302 g/mol. The van der Waals surface area contributed by atoms with Crippen LogP contribution in [0, 0.1) is 0 Å². The number of Topliss-reactive ketones (excluding diaryl/α,β-unsaturated/α-hetero) is 1. The Balaban J connectivity index is 1.65. The molecule has 5 nitrogen and oxygen atoms in total. The molecule has 0 aromatic carbocycles. The number of ketones is 1. The van der Waals surface area contributed by atoms with Crippen molar-refractivity contribution in [1.82, 2.24) is 20.2 Å². The van der Waals surface area contributed by atoms with E-state index in [-0.39, 0.29) is 5.78 Å². The van der Waals surface area contributed by atoms with E-state index in [1.165, 1.54) is 23.1 Å². The van der Waals surface area contributed by atoms with Gasteiger partial charge in [-0.2, -0.15) is 0 Å². The van der Waals surface area contributed by atoms with Crippen LogP contribution in [0.15, 0.2) is 47.2 Å². The van der Waals surface area contributed by atoms with Crippen LogP contribution in [-0.4, -0.2) is 31.7 Å². The first-order valence-electron chi connectivity index (χ1n) is 5.85. The summed E-state index contributed by atoms with van der Waals surface area (Å²) in [6, 6.07) is 7.41. The van der Waals surface area contributed by atoms with E-state index in [0.717, 1.165) is 10.4 Å². The number of aromatic nitrogens is 4. The van der Waals surface area contributed by atoms with Crippen LogP contribution in [0.1, 0.15) is 9.67 Å². The van der Waals surface area contributed by atoms with E-state index in [4.69, 9.17) is 0 Å². The predicted octanol–water partition coefficient (Wildman–Crippen LogP) is 2.90. The number of hydrogen-bond acceptors (Lipinski definition) is 6. The quantitative estimate of drug-likeness (QED) is 0.579. The summed E-state index contributed by atoms with van der Waals surface area (Å²) in [5.74, 6) is 1.12. The van der Waals surface area contributed by atoms with E-state index in [0.29, 0.717) is 16.7 Å². The Morgan fingerprint density at radius 1 is 1.30 bits per heavy atom. The van der Waals surface area contributed by atoms with Gasteiger partial charge in [-0.3, -0.25) is 14.9 Å². The fourth-order valence-electron chi connectivity index (χ4n) is 1.59. The Morgan fingerprint density at radius 3 is 2.90 bits per heavy atom. The number of thioether (sulfide) groups is 1. The highest BCUT2D eigenvalue weighted by atomic mass is 32.2. The highest BCUT2D eigenvalue weighted by Crippen LogP contribution is 2.20. The molecule has 0 radical (unpaired) electrons. The maximum Gasteiger partial charge on any atom is 0.209 e. The third-order valence-electron chi connectivity index (χ3n) is 2.55. The Kier molecular flexibility index (Phi) is 3.89. The second kappa shape index (κ2) is 5.98. The van der Waals surface area contributed by atoms with Gasteiger partial charge in [0.15, 0.2) is 11.6 Å². The fraction of sp³-hybridized carbons (Fsp3) is 0.0769. The molecular weight excluding hydrogens is 292 g/mol. The molecule has 0 bridgehead atoms. The van der Waals surface area contributed by atoms with Gasteiger partial charge in [-0.05, 0) is 23.6 Å². The molecule has 7 heteroatoms. The number of thiophene rings is 1. The Hall–Kier alpha value is -1.99. The molecule has 0 aliphatic heterocycles. The Bertz CT molecular complexity index is 694. The zero-order valence-electron chi connectivity index (χ0n) is 10.3. The minimum atomic E-state index is 0.0975. The number of rotatable bonds is 5. The lowest BCUT2D eigenvalue weighted by atomic mass is 10.3. The van der Waals surface area contributed by atoms with Crippen molar-refractivity contribution in [3.63, 3.8) is 0 Å². The number of carbonyl (C=O) groups is 1. The fourth-order valence-corrected chi connectivity index (χ4v) is 3.03. The number of nitrogens with zero attached hydrogens (tertiary/aromatic N) is 3. The van der Waals surface area contributed by atoms with Gasteiger partial charge in [0.1, 0.15) is 0 Å². The van der Waals surface area contributed by atoms with Crippen molar-refractivity contribution >= 4 is 28.9 Å². The van der Waals surface area contributed by atoms with E-state index in [1.54, 1.807) is 12.4 Å². The molecule has 3 aromatic heterocycles. The molecule has 0 aliphatic rings. The number of carbonyl (C=O) groups excluding carboxylic acids is 1. The van der Waals surface area contributed by atoms with Crippen molar-refractivity contribution in [2.24, 2.45) is 0 Å². The van der Waals surface area contributed by atoms with Crippen molar-refractivity contribution in [2.75, 3.05) is 5.75 Å². The van der Waals surface area contributed by atoms with Gasteiger partial charge >= 0.3 is 0 Å². The number of nitrogens with one attached hydrogen (secondary N) is 1. The normalized spacial score (nSPS) is 10.6. The van der Waals surface area contributed by atoms with Gasteiger partial charge in [0.2, 0.25) is 5.16 Å². The van der Waals surface area contributed by atoms with E-state index in [1.807, 2.05) is 29.6 Å². The van der Waals surface area contributed by atoms with E-state index < -0.39 is 0 Å². The number of hydrogen-bond donors (Lipinski definition) is 1. The van der Waals surface area contributed by atoms with Crippen molar-refractivity contribution < 1.29 is 4.79 Å². The Morgan fingerprint density at radius 2 is 2.15 bits per heavy atom. The minimum Gasteiger partial charge on any atom is -0.292 e. The second-order valence-electron chi connectivity index (χ2n) is 3.89. The van der Waals surface area contributed by atoms with Crippen LogP contribution in [0.5, 0.6) is 0 Å². The number of H-pyrrole nitrogens is 1. The number of pyridine rings is 1. The van der Waals surface area contributed by atoms with Gasteiger partial charge in [0.05, 0.1) is 10.6 Å². The third-order valence-corrected chi connectivity index (χ3v) is 4.31. The average Bonchev–Trinajstić information content (AvgIpc) is 3.17. The summed E-state index contributed by atoms with van der Waals surface area (Å²) >= 11 is 2.78. The molecule has 1 N–H and O–H groups in total. The van der Waals surface area contributed by atoms with Gasteiger partial charge < -0.3 is 0 Å². The summed E-state index contributed by atoms with van der Waals surface area (Å²) < 4.78 is 0. The molecule has 0 unspecified atom stereocenters. The lowest BCUT2D eigenvalue weighted by Crippen LogP contribution is -1.99. The summed E-state index contributed by atoms with van der Waals surface area (Å²) in [6.45, 7) is 0. The predicted molar refractivity (Wildman–Crippen MR) is 79.0 cm³/mol. The first-order valence-corrected chi connectivity index (χ1v) is 7.72. The summed E-state index contributed by atoms with van der Waals surface area (Å²) in [5.41, 5.74) is 0.920. The molecule has 20 heavy (non-hydrogen) atoms. The maximum absolute atomic E-state index is 11.9. The standard InChI is InChI=1S/C13H10N4OS2/c18-10(11-2-1-7-19-11)8-20-13-15-12(16-17-13)9-3-5-14-6-4-9/h1-7H,8H2,(H,15,16,17). The molecule has 0 atom stereocenters. The lowest BCUT2D eigenvalue weighted by molar-refractivity contribution is 0.102. The van der Waals surface area contributed by atoms with Gasteiger partial charge in [0, 0.05) is 18.0 Å². The summed E-state index contributed by atoms with van der Waals surface area (Å²) in [5, 5.41) is 9.43. The smallest absolute Gasteiger partial charge is 0.209 e. The first-order chi connectivity index (χ1) is 9.83. The van der Waals surface area contributed by atoms with Crippen LogP contribution in [0.2, 0.25) is 0 Å². The molecule has 3 rings (SSSR count). The Labute approximate surface area is 123 Å². The van der Waals surface area contributed by atoms with Crippen LogP contribution in [0.3, 0.4) is 0 Å². The van der Waals surface area contributed by atoms with Crippen LogP contribution in [-0.2, 0) is 0 Å². The van der Waals surface area contributed by atoms with E-state index >= 15 is 0 Å². The molecule has 100 valence electrons. The van der Waals surface area contributed by atoms with Crippen LogP contribution in [0.4, 0.5) is 0 Å². The van der Waals surface area contributed by atoms with Crippen LogP contribution in [0.25, 0.3) is 11.4 Å².